The number of nitrogens with one attached hydrogen (secondary N) is 1. The van der Waals surface area contributed by atoms with Crippen LogP contribution in [0.15, 0.2) is 0 Å². The van der Waals surface area contributed by atoms with Gasteiger partial charge in [0.25, 0.3) is 0 Å². The quantitative estimate of drug-likeness (QED) is 0.495. The first-order chi connectivity index (χ1) is 2.77. The molecule has 0 heterocycles. The van der Waals surface area contributed by atoms with Gasteiger partial charge in [-0.25, -0.2) is 0 Å². The molecule has 1 nitrogen and oxygen atoms in total. The summed E-state index contributed by atoms with van der Waals surface area (Å²) in [5.41, 5.74) is 0.542. The average Bonchev–Trinajstić information content (AvgIpc) is 2.22. The first-order valence-electron chi connectivity index (χ1n) is 2.46. The predicted molar refractivity (Wildman–Crippen MR) is 26.7 cm³/mol. The summed E-state index contributed by atoms with van der Waals surface area (Å²) in [6, 6.07) is 0. The van der Waals surface area contributed by atoms with E-state index < -0.39 is 0 Å². The number of hydrogen-bond acceptors (Lipinski definition) is 1. The smallest absolute Gasteiger partial charge is 0.0151 e. The molecule has 0 unspecified atom stereocenters. The zero-order valence-corrected chi connectivity index (χ0v) is 4.41. The highest BCUT2D eigenvalue weighted by Gasteiger charge is 2.34. The Kier molecular flexibility index (Phi) is 0.667. The highest BCUT2D eigenvalue weighted by molar-refractivity contribution is 4.95. The second-order valence-corrected chi connectivity index (χ2v) is 2.31. The highest BCUT2D eigenvalue weighted by Crippen LogP contribution is 2.33. The van der Waals surface area contributed by atoms with E-state index in [1.165, 1.54) is 12.8 Å². The Morgan fingerprint density at radius 1 is 1.50 bits per heavy atom. The van der Waals surface area contributed by atoms with Gasteiger partial charge in [0.15, 0.2) is 0 Å². The SMILES string of the molecule is CNC1(C)CC1. The Balaban J connectivity index is 2.28. The average molecular weight is 85.2 g/mol. The van der Waals surface area contributed by atoms with Crippen molar-refractivity contribution in [1.29, 1.82) is 0 Å². The van der Waals surface area contributed by atoms with Crippen LogP contribution in [-0.2, 0) is 0 Å². The third kappa shape index (κ3) is 0.548. The molecule has 1 aliphatic carbocycles. The summed E-state index contributed by atoms with van der Waals surface area (Å²) in [4.78, 5) is 0. The van der Waals surface area contributed by atoms with E-state index in [2.05, 4.69) is 12.2 Å². The van der Waals surface area contributed by atoms with Gasteiger partial charge >= 0.3 is 0 Å². The maximum atomic E-state index is 3.22. The largest absolute Gasteiger partial charge is 0.315 e. The van der Waals surface area contributed by atoms with Crippen LogP contribution in [0, 0.1) is 0 Å². The van der Waals surface area contributed by atoms with Crippen LogP contribution < -0.4 is 5.32 Å². The van der Waals surface area contributed by atoms with Crippen molar-refractivity contribution in [3.63, 3.8) is 0 Å². The summed E-state index contributed by atoms with van der Waals surface area (Å²) in [6.45, 7) is 2.24. The molecule has 0 aromatic carbocycles. The Morgan fingerprint density at radius 2 is 2.00 bits per heavy atom. The molecule has 0 bridgehead atoms. The van der Waals surface area contributed by atoms with Gasteiger partial charge in [0.1, 0.15) is 0 Å². The van der Waals surface area contributed by atoms with E-state index in [-0.39, 0.29) is 0 Å². The lowest BCUT2D eigenvalue weighted by atomic mass is 10.3. The molecule has 0 aromatic rings. The lowest BCUT2D eigenvalue weighted by Gasteiger charge is -2.01. The molecule has 1 fully saturated rings. The lowest BCUT2D eigenvalue weighted by molar-refractivity contribution is 0.607. The minimum atomic E-state index is 0.542. The maximum Gasteiger partial charge on any atom is 0.0151 e. The summed E-state index contributed by atoms with van der Waals surface area (Å²) in [5, 5.41) is 3.22. The first kappa shape index (κ1) is 4.13. The Bertz CT molecular complexity index is 55.0. The van der Waals surface area contributed by atoms with Crippen molar-refractivity contribution in [3.8, 4) is 0 Å². The molecule has 0 amide bonds. The van der Waals surface area contributed by atoms with Crippen molar-refractivity contribution in [2.45, 2.75) is 25.3 Å². The predicted octanol–water partition coefficient (Wildman–Crippen LogP) is 0.758. The third-order valence-electron chi connectivity index (χ3n) is 1.60. The Hall–Kier alpha value is -0.0400. The molecule has 0 aliphatic heterocycles. The van der Waals surface area contributed by atoms with Gasteiger partial charge in [-0.3, -0.25) is 0 Å². The van der Waals surface area contributed by atoms with Crippen molar-refractivity contribution < 1.29 is 0 Å². The lowest BCUT2D eigenvalue weighted by Crippen LogP contribution is -2.21. The minimum absolute atomic E-state index is 0.542. The Morgan fingerprint density at radius 3 is 2.00 bits per heavy atom. The van der Waals surface area contributed by atoms with Gasteiger partial charge in [0.2, 0.25) is 0 Å². The molecular formula is C5H11N. The second kappa shape index (κ2) is 0.969. The molecule has 0 radical (unpaired) electrons. The summed E-state index contributed by atoms with van der Waals surface area (Å²) < 4.78 is 0. The topological polar surface area (TPSA) is 12.0 Å². The van der Waals surface area contributed by atoms with Crippen molar-refractivity contribution in [3.05, 3.63) is 0 Å². The molecule has 0 aromatic heterocycles. The first-order valence-corrected chi connectivity index (χ1v) is 2.46. The van der Waals surface area contributed by atoms with Gasteiger partial charge < -0.3 is 5.32 Å². The molecule has 1 heteroatoms. The van der Waals surface area contributed by atoms with Crippen LogP contribution in [0.3, 0.4) is 0 Å². The van der Waals surface area contributed by atoms with Crippen LogP contribution in [0.2, 0.25) is 0 Å². The molecular weight excluding hydrogens is 74.1 g/mol. The molecule has 1 N–H and O–H groups in total. The van der Waals surface area contributed by atoms with Gasteiger partial charge in [0.05, 0.1) is 0 Å². The zero-order chi connectivity index (χ0) is 4.62. The summed E-state index contributed by atoms with van der Waals surface area (Å²) in [7, 11) is 2.02. The molecule has 6 heavy (non-hydrogen) atoms. The summed E-state index contributed by atoms with van der Waals surface area (Å²) >= 11 is 0. The van der Waals surface area contributed by atoms with E-state index in [4.69, 9.17) is 0 Å². The van der Waals surface area contributed by atoms with Crippen molar-refractivity contribution in [2.75, 3.05) is 7.05 Å². The van der Waals surface area contributed by atoms with Gasteiger partial charge in [-0.05, 0) is 26.8 Å². The van der Waals surface area contributed by atoms with Crippen molar-refractivity contribution in [1.82, 2.24) is 5.32 Å². The molecule has 1 saturated carbocycles. The fourth-order valence-corrected chi connectivity index (χ4v) is 0.437. The second-order valence-electron chi connectivity index (χ2n) is 2.31. The van der Waals surface area contributed by atoms with Gasteiger partial charge in [-0.1, -0.05) is 0 Å². The fourth-order valence-electron chi connectivity index (χ4n) is 0.437. The van der Waals surface area contributed by atoms with Gasteiger partial charge in [-0.2, -0.15) is 0 Å². The summed E-state index contributed by atoms with van der Waals surface area (Å²) in [6.07, 6.45) is 2.73. The molecule has 0 saturated heterocycles. The van der Waals surface area contributed by atoms with E-state index in [0.717, 1.165) is 0 Å². The number of hydrogen-bond donors (Lipinski definition) is 1. The zero-order valence-electron chi connectivity index (χ0n) is 4.41. The van der Waals surface area contributed by atoms with Crippen LogP contribution in [0.25, 0.3) is 0 Å². The van der Waals surface area contributed by atoms with E-state index in [1.807, 2.05) is 7.05 Å². The van der Waals surface area contributed by atoms with Gasteiger partial charge in [0, 0.05) is 5.54 Å². The van der Waals surface area contributed by atoms with Gasteiger partial charge in [-0.15, -0.1) is 0 Å². The molecule has 1 aliphatic rings. The van der Waals surface area contributed by atoms with Crippen LogP contribution >= 0.6 is 0 Å². The van der Waals surface area contributed by atoms with Crippen LogP contribution in [0.1, 0.15) is 19.8 Å². The van der Waals surface area contributed by atoms with Crippen LogP contribution in [0.5, 0.6) is 0 Å². The minimum Gasteiger partial charge on any atom is -0.315 e. The standard InChI is InChI=1S/C5H11N/c1-5(6-2)3-4-5/h6H,3-4H2,1-2H3. The van der Waals surface area contributed by atoms with Crippen LogP contribution in [0.4, 0.5) is 0 Å². The molecule has 0 spiro atoms. The normalized spacial score (nSPS) is 27.0. The number of rotatable bonds is 1. The molecule has 1 rings (SSSR count). The highest BCUT2D eigenvalue weighted by atomic mass is 15.0. The van der Waals surface area contributed by atoms with Crippen molar-refractivity contribution >= 4 is 0 Å². The Labute approximate surface area is 38.7 Å². The van der Waals surface area contributed by atoms with E-state index in [1.54, 1.807) is 0 Å². The van der Waals surface area contributed by atoms with Crippen molar-refractivity contribution in [2.24, 2.45) is 0 Å². The molecule has 0 atom stereocenters. The van der Waals surface area contributed by atoms with E-state index in [9.17, 15) is 0 Å². The third-order valence-corrected chi connectivity index (χ3v) is 1.60. The van der Waals surface area contributed by atoms with Crippen LogP contribution in [-0.4, -0.2) is 12.6 Å². The van der Waals surface area contributed by atoms with E-state index in [0.29, 0.717) is 5.54 Å². The molecule has 36 valence electrons. The monoisotopic (exact) mass is 85.1 g/mol. The van der Waals surface area contributed by atoms with E-state index >= 15 is 0 Å². The fraction of sp³-hybridized carbons (Fsp3) is 1.00. The summed E-state index contributed by atoms with van der Waals surface area (Å²) in [5.74, 6) is 0. The maximum absolute atomic E-state index is 3.22.